The lowest BCUT2D eigenvalue weighted by molar-refractivity contribution is -0.125. The third-order valence-corrected chi connectivity index (χ3v) is 6.58. The van der Waals surface area contributed by atoms with Crippen LogP contribution in [0.1, 0.15) is 25.7 Å². The highest BCUT2D eigenvalue weighted by Gasteiger charge is 2.26. The summed E-state index contributed by atoms with van der Waals surface area (Å²) in [5.41, 5.74) is 0. The molecule has 1 N–H and O–H groups in total. The van der Waals surface area contributed by atoms with Crippen molar-refractivity contribution in [2.75, 3.05) is 82.3 Å². The van der Waals surface area contributed by atoms with Crippen LogP contribution in [0.25, 0.3) is 0 Å². The molecule has 0 saturated carbocycles. The van der Waals surface area contributed by atoms with Crippen LogP contribution in [0.15, 0.2) is 12.1 Å². The van der Waals surface area contributed by atoms with E-state index in [2.05, 4.69) is 54.3 Å². The summed E-state index contributed by atoms with van der Waals surface area (Å²) in [7, 11) is 2.17. The highest BCUT2D eigenvalue weighted by atomic mass is 16.1. The number of aromatic nitrogens is 2. The van der Waals surface area contributed by atoms with E-state index in [0.717, 1.165) is 89.9 Å². The lowest BCUT2D eigenvalue weighted by Gasteiger charge is -2.33. The van der Waals surface area contributed by atoms with Crippen molar-refractivity contribution in [1.82, 2.24) is 25.3 Å². The highest BCUT2D eigenvalue weighted by molar-refractivity contribution is 5.79. The van der Waals surface area contributed by atoms with Crippen molar-refractivity contribution in [2.24, 2.45) is 5.92 Å². The van der Waals surface area contributed by atoms with Gasteiger partial charge in [-0.05, 0) is 44.9 Å². The lowest BCUT2D eigenvalue weighted by Crippen LogP contribution is -2.48. The number of nitrogens with zero attached hydrogens (tertiary/aromatic N) is 6. The zero-order chi connectivity index (χ0) is 20.1. The van der Waals surface area contributed by atoms with Crippen LogP contribution in [0.2, 0.25) is 0 Å². The summed E-state index contributed by atoms with van der Waals surface area (Å²) in [6.07, 6.45) is 4.26. The van der Waals surface area contributed by atoms with Crippen LogP contribution >= 0.6 is 0 Å². The van der Waals surface area contributed by atoms with Gasteiger partial charge in [0.05, 0.1) is 0 Å². The standard InChI is InChI=1S/C21H35N7O/c1-25-14-16-26(17-15-25)13-8-22-21(29)18-6-11-28(12-7-18)20-5-4-19(23-24-20)27-9-2-3-10-27/h4-5,18H,2-3,6-17H2,1H3,(H,22,29). The molecule has 3 fully saturated rings. The molecule has 3 aliphatic rings. The number of hydrogen-bond donors (Lipinski definition) is 1. The van der Waals surface area contributed by atoms with Crippen molar-refractivity contribution < 1.29 is 4.79 Å². The maximum atomic E-state index is 12.5. The van der Waals surface area contributed by atoms with Gasteiger partial charge in [0.2, 0.25) is 5.91 Å². The maximum Gasteiger partial charge on any atom is 0.223 e. The minimum atomic E-state index is 0.121. The number of rotatable bonds is 6. The molecule has 8 heteroatoms. The molecule has 29 heavy (non-hydrogen) atoms. The fourth-order valence-corrected chi connectivity index (χ4v) is 4.53. The fourth-order valence-electron chi connectivity index (χ4n) is 4.53. The van der Waals surface area contributed by atoms with Crippen LogP contribution in [-0.2, 0) is 4.79 Å². The Morgan fingerprint density at radius 3 is 2.10 bits per heavy atom. The molecule has 0 atom stereocenters. The minimum absolute atomic E-state index is 0.121. The van der Waals surface area contributed by atoms with Gasteiger partial charge in [0.1, 0.15) is 0 Å². The average Bonchev–Trinajstić information content (AvgIpc) is 3.30. The first-order valence-corrected chi connectivity index (χ1v) is 11.2. The van der Waals surface area contributed by atoms with E-state index in [4.69, 9.17) is 0 Å². The van der Waals surface area contributed by atoms with E-state index in [1.54, 1.807) is 0 Å². The third kappa shape index (κ3) is 5.36. The molecule has 160 valence electrons. The molecule has 1 amide bonds. The molecule has 0 unspecified atom stereocenters. The van der Waals surface area contributed by atoms with Crippen LogP contribution in [0.3, 0.4) is 0 Å². The Hall–Kier alpha value is -1.93. The second kappa shape index (κ2) is 9.71. The molecule has 3 aliphatic heterocycles. The molecule has 3 saturated heterocycles. The van der Waals surface area contributed by atoms with E-state index < -0.39 is 0 Å². The third-order valence-electron chi connectivity index (χ3n) is 6.58. The number of piperidine rings is 1. The van der Waals surface area contributed by atoms with Crippen molar-refractivity contribution in [2.45, 2.75) is 25.7 Å². The van der Waals surface area contributed by atoms with Gasteiger partial charge in [0.25, 0.3) is 0 Å². The van der Waals surface area contributed by atoms with Gasteiger partial charge in [-0.1, -0.05) is 0 Å². The number of amides is 1. The van der Waals surface area contributed by atoms with E-state index in [1.807, 2.05) is 0 Å². The summed E-state index contributed by atoms with van der Waals surface area (Å²) in [6, 6.07) is 4.17. The fraction of sp³-hybridized carbons (Fsp3) is 0.762. The van der Waals surface area contributed by atoms with Crippen LogP contribution in [0, 0.1) is 5.92 Å². The molecule has 0 spiro atoms. The van der Waals surface area contributed by atoms with Crippen molar-refractivity contribution in [3.8, 4) is 0 Å². The van der Waals surface area contributed by atoms with Crippen molar-refractivity contribution in [3.05, 3.63) is 12.1 Å². The van der Waals surface area contributed by atoms with Gasteiger partial charge in [-0.2, -0.15) is 0 Å². The highest BCUT2D eigenvalue weighted by Crippen LogP contribution is 2.23. The predicted molar refractivity (Wildman–Crippen MR) is 115 cm³/mol. The van der Waals surface area contributed by atoms with Gasteiger partial charge < -0.3 is 20.0 Å². The molecule has 4 rings (SSSR count). The molecule has 0 bridgehead atoms. The van der Waals surface area contributed by atoms with Gasteiger partial charge in [0.15, 0.2) is 11.6 Å². The second-order valence-corrected chi connectivity index (χ2v) is 8.64. The number of carbonyl (C=O) groups excluding carboxylic acids is 1. The summed E-state index contributed by atoms with van der Waals surface area (Å²) >= 11 is 0. The first kappa shape index (κ1) is 20.3. The number of carbonyl (C=O) groups is 1. The Kier molecular flexibility index (Phi) is 6.82. The number of likely N-dealkylation sites (N-methyl/N-ethyl adjacent to an activating group) is 1. The van der Waals surface area contributed by atoms with Crippen LogP contribution < -0.4 is 15.1 Å². The molecule has 8 nitrogen and oxygen atoms in total. The Morgan fingerprint density at radius 1 is 0.931 bits per heavy atom. The Balaban J connectivity index is 1.17. The van der Waals surface area contributed by atoms with Gasteiger partial charge in [-0.15, -0.1) is 10.2 Å². The van der Waals surface area contributed by atoms with E-state index in [-0.39, 0.29) is 11.8 Å². The van der Waals surface area contributed by atoms with Crippen LogP contribution in [0.5, 0.6) is 0 Å². The molecular weight excluding hydrogens is 366 g/mol. The molecular formula is C21H35N7O. The van der Waals surface area contributed by atoms with Crippen molar-refractivity contribution in [1.29, 1.82) is 0 Å². The second-order valence-electron chi connectivity index (χ2n) is 8.64. The van der Waals surface area contributed by atoms with E-state index >= 15 is 0 Å². The minimum Gasteiger partial charge on any atom is -0.355 e. The first-order valence-electron chi connectivity index (χ1n) is 11.2. The first-order chi connectivity index (χ1) is 14.2. The predicted octanol–water partition coefficient (Wildman–Crippen LogP) is 0.657. The van der Waals surface area contributed by atoms with Gasteiger partial charge in [0, 0.05) is 71.4 Å². The monoisotopic (exact) mass is 401 g/mol. The summed E-state index contributed by atoms with van der Waals surface area (Å²) in [6.45, 7) is 10.1. The molecule has 1 aromatic rings. The zero-order valence-electron chi connectivity index (χ0n) is 17.7. The molecule has 0 radical (unpaired) electrons. The van der Waals surface area contributed by atoms with Gasteiger partial charge >= 0.3 is 0 Å². The summed E-state index contributed by atoms with van der Waals surface area (Å²) in [4.78, 5) is 21.9. The maximum absolute atomic E-state index is 12.5. The van der Waals surface area contributed by atoms with Crippen molar-refractivity contribution >= 4 is 17.5 Å². The summed E-state index contributed by atoms with van der Waals surface area (Å²) in [5, 5.41) is 12.0. The number of piperazine rings is 1. The molecule has 0 aliphatic carbocycles. The van der Waals surface area contributed by atoms with Gasteiger partial charge in [-0.25, -0.2) is 0 Å². The molecule has 1 aromatic heterocycles. The van der Waals surface area contributed by atoms with E-state index in [9.17, 15) is 4.79 Å². The van der Waals surface area contributed by atoms with Crippen LogP contribution in [-0.4, -0.2) is 98.4 Å². The molecule has 0 aromatic carbocycles. The average molecular weight is 402 g/mol. The summed E-state index contributed by atoms with van der Waals surface area (Å²) in [5.74, 6) is 2.26. The number of hydrogen-bond acceptors (Lipinski definition) is 7. The zero-order valence-corrected chi connectivity index (χ0v) is 17.7. The quantitative estimate of drug-likeness (QED) is 0.751. The number of nitrogens with one attached hydrogen (secondary N) is 1. The van der Waals surface area contributed by atoms with E-state index in [0.29, 0.717) is 0 Å². The van der Waals surface area contributed by atoms with E-state index in [1.165, 1.54) is 12.8 Å². The Bertz CT molecular complexity index is 645. The summed E-state index contributed by atoms with van der Waals surface area (Å²) < 4.78 is 0. The smallest absolute Gasteiger partial charge is 0.223 e. The number of anilines is 2. The SMILES string of the molecule is CN1CCN(CCNC(=O)C2CCN(c3ccc(N4CCCC4)nn3)CC2)CC1. The molecule has 4 heterocycles. The van der Waals surface area contributed by atoms with Crippen LogP contribution in [0.4, 0.5) is 11.6 Å². The lowest BCUT2D eigenvalue weighted by atomic mass is 9.96. The Morgan fingerprint density at radius 2 is 1.52 bits per heavy atom. The largest absolute Gasteiger partial charge is 0.355 e. The normalized spacial score (nSPS) is 22.2. The Labute approximate surface area is 174 Å². The topological polar surface area (TPSA) is 67.8 Å². The van der Waals surface area contributed by atoms with Crippen molar-refractivity contribution in [3.63, 3.8) is 0 Å². The van der Waals surface area contributed by atoms with Gasteiger partial charge in [-0.3, -0.25) is 9.69 Å².